The predicted molar refractivity (Wildman–Crippen MR) is 43.0 cm³/mol. The quantitative estimate of drug-likeness (QED) is 0.559. The minimum atomic E-state index is -3.65. The molecule has 1 rings (SSSR count). The molecular formula is C5H10O5S2. The van der Waals surface area contributed by atoms with E-state index in [1.54, 1.807) is 0 Å². The van der Waals surface area contributed by atoms with Gasteiger partial charge in [-0.2, -0.15) is 8.42 Å². The molecule has 0 spiro atoms. The van der Waals surface area contributed by atoms with Crippen LogP contribution in [0, 0.1) is 0 Å². The molecule has 1 aliphatic rings. The summed E-state index contributed by atoms with van der Waals surface area (Å²) < 4.78 is 48.0. The van der Waals surface area contributed by atoms with Gasteiger partial charge in [0, 0.05) is 0 Å². The molecule has 0 aromatic rings. The third kappa shape index (κ3) is 1.96. The van der Waals surface area contributed by atoms with Crippen molar-refractivity contribution in [2.45, 2.75) is 11.7 Å². The molecule has 0 aromatic carbocycles. The van der Waals surface area contributed by atoms with Gasteiger partial charge in [0.1, 0.15) is 5.25 Å². The summed E-state index contributed by atoms with van der Waals surface area (Å²) in [5.74, 6) is -0.358. The largest absolute Gasteiger partial charge is 0.273 e. The molecule has 12 heavy (non-hydrogen) atoms. The van der Waals surface area contributed by atoms with Gasteiger partial charge in [-0.1, -0.05) is 0 Å². The van der Waals surface area contributed by atoms with E-state index in [-0.39, 0.29) is 17.9 Å². The summed E-state index contributed by atoms with van der Waals surface area (Å²) in [7, 11) is -5.75. The second-order valence-corrected chi connectivity index (χ2v) is 6.90. The Bertz CT molecular complexity index is 351. The fraction of sp³-hybridized carbons (Fsp3) is 1.00. The molecule has 0 bridgehead atoms. The van der Waals surface area contributed by atoms with Gasteiger partial charge in [0.2, 0.25) is 0 Å². The smallest absolute Gasteiger partial charge is 0.271 e. The SMILES string of the molecule is COS(=O)(=O)C1CCS(=O)(=O)C1. The lowest BCUT2D eigenvalue weighted by atomic mass is 10.4. The van der Waals surface area contributed by atoms with E-state index in [1.165, 1.54) is 0 Å². The second-order valence-electron chi connectivity index (χ2n) is 2.68. The molecule has 0 N–H and O–H groups in total. The molecule has 1 unspecified atom stereocenters. The van der Waals surface area contributed by atoms with Gasteiger partial charge >= 0.3 is 0 Å². The van der Waals surface area contributed by atoms with Crippen molar-refractivity contribution in [1.82, 2.24) is 0 Å². The summed E-state index contributed by atoms with van der Waals surface area (Å²) in [5, 5.41) is -0.868. The maximum absolute atomic E-state index is 11.0. The first-order chi connectivity index (χ1) is 5.37. The minimum Gasteiger partial charge on any atom is -0.273 e. The molecule has 1 aliphatic heterocycles. The first-order valence-corrected chi connectivity index (χ1v) is 6.66. The van der Waals surface area contributed by atoms with E-state index in [0.29, 0.717) is 0 Å². The number of hydrogen-bond donors (Lipinski definition) is 0. The van der Waals surface area contributed by atoms with Crippen molar-refractivity contribution in [1.29, 1.82) is 0 Å². The van der Waals surface area contributed by atoms with Gasteiger partial charge in [0.25, 0.3) is 10.1 Å². The van der Waals surface area contributed by atoms with Crippen LogP contribution in [0.5, 0.6) is 0 Å². The summed E-state index contributed by atoms with van der Waals surface area (Å²) in [5.41, 5.74) is 0. The molecule has 5 nitrogen and oxygen atoms in total. The van der Waals surface area contributed by atoms with Crippen molar-refractivity contribution in [3.8, 4) is 0 Å². The van der Waals surface area contributed by atoms with E-state index >= 15 is 0 Å². The van der Waals surface area contributed by atoms with Crippen LogP contribution in [0.3, 0.4) is 0 Å². The first-order valence-electron chi connectivity index (χ1n) is 3.37. The Balaban J connectivity index is 2.85. The molecule has 0 saturated carbocycles. The number of sulfone groups is 1. The van der Waals surface area contributed by atoms with Gasteiger partial charge in [-0.25, -0.2) is 8.42 Å². The molecule has 1 heterocycles. The van der Waals surface area contributed by atoms with Crippen molar-refractivity contribution >= 4 is 20.0 Å². The molecular weight excluding hydrogens is 204 g/mol. The zero-order valence-electron chi connectivity index (χ0n) is 6.56. The average molecular weight is 214 g/mol. The highest BCUT2D eigenvalue weighted by molar-refractivity contribution is 7.94. The Hall–Kier alpha value is -0.140. The third-order valence-electron chi connectivity index (χ3n) is 1.83. The summed E-state index contributed by atoms with van der Waals surface area (Å²) >= 11 is 0. The number of hydrogen-bond acceptors (Lipinski definition) is 5. The lowest BCUT2D eigenvalue weighted by molar-refractivity contribution is 0.389. The normalized spacial score (nSPS) is 28.9. The fourth-order valence-corrected chi connectivity index (χ4v) is 4.78. The van der Waals surface area contributed by atoms with E-state index < -0.39 is 25.2 Å². The van der Waals surface area contributed by atoms with Crippen molar-refractivity contribution in [2.24, 2.45) is 0 Å². The lowest BCUT2D eigenvalue weighted by Crippen LogP contribution is -2.23. The van der Waals surface area contributed by atoms with Crippen LogP contribution in [0.4, 0.5) is 0 Å². The first kappa shape index (κ1) is 9.94. The van der Waals surface area contributed by atoms with Gasteiger partial charge in [-0.3, -0.25) is 4.18 Å². The van der Waals surface area contributed by atoms with Crippen molar-refractivity contribution in [2.75, 3.05) is 18.6 Å². The molecule has 0 amide bonds. The van der Waals surface area contributed by atoms with Gasteiger partial charge in [-0.05, 0) is 6.42 Å². The third-order valence-corrected chi connectivity index (χ3v) is 5.49. The van der Waals surface area contributed by atoms with E-state index in [2.05, 4.69) is 4.18 Å². The van der Waals surface area contributed by atoms with Crippen LogP contribution in [0.1, 0.15) is 6.42 Å². The Morgan fingerprint density at radius 3 is 2.33 bits per heavy atom. The minimum absolute atomic E-state index is 0.0553. The van der Waals surface area contributed by atoms with Crippen LogP contribution < -0.4 is 0 Å². The lowest BCUT2D eigenvalue weighted by Gasteiger charge is -2.05. The van der Waals surface area contributed by atoms with E-state index in [0.717, 1.165) is 7.11 Å². The van der Waals surface area contributed by atoms with Gasteiger partial charge in [-0.15, -0.1) is 0 Å². The summed E-state index contributed by atoms with van der Waals surface area (Å²) in [6.07, 6.45) is 0.151. The van der Waals surface area contributed by atoms with Crippen LogP contribution in [-0.2, 0) is 24.1 Å². The Kier molecular flexibility index (Phi) is 2.46. The summed E-state index contributed by atoms with van der Waals surface area (Å²) in [6, 6.07) is 0. The second kappa shape index (κ2) is 2.97. The Labute approximate surface area is 71.8 Å². The highest BCUT2D eigenvalue weighted by atomic mass is 32.2. The molecule has 0 aromatic heterocycles. The molecule has 0 radical (unpaired) electrons. The molecule has 72 valence electrons. The zero-order valence-corrected chi connectivity index (χ0v) is 8.19. The standard InChI is InChI=1S/C5H10O5S2/c1-10-12(8,9)5-2-3-11(6,7)4-5/h5H,2-4H2,1H3. The highest BCUT2D eigenvalue weighted by Gasteiger charge is 2.37. The number of rotatable bonds is 2. The zero-order chi connectivity index (χ0) is 9.41. The predicted octanol–water partition coefficient (Wildman–Crippen LogP) is -0.850. The topological polar surface area (TPSA) is 77.5 Å². The molecule has 0 aliphatic carbocycles. The summed E-state index contributed by atoms with van der Waals surface area (Å²) in [6.45, 7) is 0. The van der Waals surface area contributed by atoms with Gasteiger partial charge < -0.3 is 0 Å². The Morgan fingerprint density at radius 2 is 2.00 bits per heavy atom. The maximum atomic E-state index is 11.0. The highest BCUT2D eigenvalue weighted by Crippen LogP contribution is 2.19. The monoisotopic (exact) mass is 214 g/mol. The van der Waals surface area contributed by atoms with E-state index in [1.807, 2.05) is 0 Å². The van der Waals surface area contributed by atoms with Crippen LogP contribution in [0.2, 0.25) is 0 Å². The average Bonchev–Trinajstić information content (AvgIpc) is 2.31. The van der Waals surface area contributed by atoms with Crippen LogP contribution in [-0.4, -0.2) is 40.7 Å². The molecule has 1 atom stereocenters. The molecule has 7 heteroatoms. The Morgan fingerprint density at radius 1 is 1.42 bits per heavy atom. The van der Waals surface area contributed by atoms with Gasteiger partial charge in [0.05, 0.1) is 18.6 Å². The van der Waals surface area contributed by atoms with E-state index in [4.69, 9.17) is 0 Å². The summed E-state index contributed by atoms with van der Waals surface area (Å²) in [4.78, 5) is 0. The molecule has 1 fully saturated rings. The molecule has 1 saturated heterocycles. The fourth-order valence-electron chi connectivity index (χ4n) is 1.12. The van der Waals surface area contributed by atoms with Crippen LogP contribution >= 0.6 is 0 Å². The van der Waals surface area contributed by atoms with Crippen molar-refractivity contribution in [3.63, 3.8) is 0 Å². The van der Waals surface area contributed by atoms with Crippen LogP contribution in [0.15, 0.2) is 0 Å². The van der Waals surface area contributed by atoms with Crippen molar-refractivity contribution < 1.29 is 21.0 Å². The van der Waals surface area contributed by atoms with Gasteiger partial charge in [0.15, 0.2) is 9.84 Å². The van der Waals surface area contributed by atoms with Crippen molar-refractivity contribution in [3.05, 3.63) is 0 Å². The van der Waals surface area contributed by atoms with Crippen LogP contribution in [0.25, 0.3) is 0 Å². The van der Waals surface area contributed by atoms with E-state index in [9.17, 15) is 16.8 Å². The maximum Gasteiger partial charge on any atom is 0.271 e.